The van der Waals surface area contributed by atoms with Gasteiger partial charge < -0.3 is 16.4 Å². The maximum absolute atomic E-state index is 11.9. The first kappa shape index (κ1) is 17.6. The normalized spacial score (nSPS) is 10.8. The van der Waals surface area contributed by atoms with Crippen LogP contribution in [-0.2, 0) is 18.4 Å². The van der Waals surface area contributed by atoms with Crippen molar-refractivity contribution in [2.45, 2.75) is 13.5 Å². The number of hydrogen-bond acceptors (Lipinski definition) is 3. The predicted octanol–water partition coefficient (Wildman–Crippen LogP) is 2.20. The van der Waals surface area contributed by atoms with Crippen molar-refractivity contribution in [1.82, 2.24) is 15.1 Å². The first-order valence-corrected chi connectivity index (χ1v) is 7.55. The number of aromatic nitrogens is 2. The third kappa shape index (κ3) is 4.60. The highest BCUT2D eigenvalue weighted by molar-refractivity contribution is 6.31. The second-order valence-corrected chi connectivity index (χ2v) is 5.51. The maximum atomic E-state index is 11.9. The van der Waals surface area contributed by atoms with Gasteiger partial charge in [0.1, 0.15) is 5.15 Å². The van der Waals surface area contributed by atoms with Gasteiger partial charge in [0.2, 0.25) is 5.91 Å². The first-order chi connectivity index (χ1) is 11.4. The highest BCUT2D eigenvalue weighted by Crippen LogP contribution is 2.19. The first-order valence-electron chi connectivity index (χ1n) is 7.17. The molecule has 7 nitrogen and oxygen atoms in total. The number of benzene rings is 1. The van der Waals surface area contributed by atoms with Gasteiger partial charge in [0.05, 0.1) is 5.69 Å². The van der Waals surface area contributed by atoms with Gasteiger partial charge >= 0.3 is 6.03 Å². The van der Waals surface area contributed by atoms with Crippen molar-refractivity contribution in [2.24, 2.45) is 12.8 Å². The van der Waals surface area contributed by atoms with Crippen LogP contribution < -0.4 is 16.4 Å². The summed E-state index contributed by atoms with van der Waals surface area (Å²) in [5, 5.41) is 9.89. The number of carbonyl (C=O) groups excluding carboxylic acids is 2. The molecule has 0 saturated carbocycles. The molecule has 2 aromatic rings. The van der Waals surface area contributed by atoms with Gasteiger partial charge in [-0.3, -0.25) is 9.48 Å². The number of primary amides is 1. The van der Waals surface area contributed by atoms with E-state index in [0.717, 1.165) is 16.8 Å². The Kier molecular flexibility index (Phi) is 5.59. The minimum absolute atomic E-state index is 0.242. The molecule has 4 N–H and O–H groups in total. The van der Waals surface area contributed by atoms with Gasteiger partial charge in [-0.1, -0.05) is 23.7 Å². The van der Waals surface area contributed by atoms with Gasteiger partial charge in [-0.2, -0.15) is 5.10 Å². The molecule has 8 heteroatoms. The number of aryl methyl sites for hydroxylation is 2. The van der Waals surface area contributed by atoms with Crippen LogP contribution in [0.5, 0.6) is 0 Å². The zero-order valence-electron chi connectivity index (χ0n) is 13.3. The molecule has 1 aromatic carbocycles. The number of halogens is 1. The summed E-state index contributed by atoms with van der Waals surface area (Å²) >= 11 is 6.10. The van der Waals surface area contributed by atoms with E-state index in [-0.39, 0.29) is 5.91 Å². The third-order valence-corrected chi connectivity index (χ3v) is 3.73. The lowest BCUT2D eigenvalue weighted by molar-refractivity contribution is -0.116. The van der Waals surface area contributed by atoms with E-state index >= 15 is 0 Å². The zero-order chi connectivity index (χ0) is 17.7. The van der Waals surface area contributed by atoms with Crippen LogP contribution in [0.2, 0.25) is 5.15 Å². The average Bonchev–Trinajstić information content (AvgIpc) is 2.77. The highest BCUT2D eigenvalue weighted by Gasteiger charge is 2.08. The maximum Gasteiger partial charge on any atom is 0.316 e. The molecule has 126 valence electrons. The van der Waals surface area contributed by atoms with Crippen molar-refractivity contribution in [1.29, 1.82) is 0 Å². The number of anilines is 1. The Balaban J connectivity index is 1.91. The topological polar surface area (TPSA) is 102 Å². The molecule has 0 spiro atoms. The SMILES string of the molecule is Cc1nn(C)c(Cl)c1/C=C/C(=O)NCc1ccc(NC(N)=O)cc1. The number of carbonyl (C=O) groups is 2. The van der Waals surface area contributed by atoms with E-state index in [0.29, 0.717) is 17.4 Å². The van der Waals surface area contributed by atoms with Crippen LogP contribution in [-0.4, -0.2) is 21.7 Å². The van der Waals surface area contributed by atoms with E-state index in [1.54, 1.807) is 42.1 Å². The summed E-state index contributed by atoms with van der Waals surface area (Å²) in [6.45, 7) is 2.19. The number of rotatable bonds is 5. The standard InChI is InChI=1S/C16H18ClN5O2/c1-10-13(15(17)22(2)21-10)7-8-14(23)19-9-11-3-5-12(6-4-11)20-16(18)24/h3-8H,9H2,1-2H3,(H,19,23)(H3,18,20,24)/b8-7+. The second-order valence-electron chi connectivity index (χ2n) is 5.15. The van der Waals surface area contributed by atoms with E-state index in [1.807, 2.05) is 6.92 Å². The lowest BCUT2D eigenvalue weighted by atomic mass is 10.2. The molecule has 1 heterocycles. The van der Waals surface area contributed by atoms with E-state index in [4.69, 9.17) is 17.3 Å². The lowest BCUT2D eigenvalue weighted by Gasteiger charge is -2.05. The molecule has 0 bridgehead atoms. The molecule has 0 radical (unpaired) electrons. The molecule has 0 aliphatic heterocycles. The van der Waals surface area contributed by atoms with Crippen molar-refractivity contribution in [2.75, 3.05) is 5.32 Å². The van der Waals surface area contributed by atoms with Gasteiger partial charge in [-0.15, -0.1) is 0 Å². The summed E-state index contributed by atoms with van der Waals surface area (Å²) in [5.74, 6) is -0.242. The fraction of sp³-hybridized carbons (Fsp3) is 0.188. The second kappa shape index (κ2) is 7.65. The molecule has 0 atom stereocenters. The Hall–Kier alpha value is -2.80. The van der Waals surface area contributed by atoms with E-state index in [9.17, 15) is 9.59 Å². The fourth-order valence-corrected chi connectivity index (χ4v) is 2.33. The molecular formula is C16H18ClN5O2. The molecular weight excluding hydrogens is 330 g/mol. The average molecular weight is 348 g/mol. The molecule has 3 amide bonds. The summed E-state index contributed by atoms with van der Waals surface area (Å²) in [6, 6.07) is 6.38. The van der Waals surface area contributed by atoms with Crippen molar-refractivity contribution in [3.05, 3.63) is 52.3 Å². The smallest absolute Gasteiger partial charge is 0.316 e. The van der Waals surface area contributed by atoms with E-state index in [1.165, 1.54) is 6.08 Å². The number of nitrogens with two attached hydrogens (primary N) is 1. The molecule has 0 saturated heterocycles. The minimum atomic E-state index is -0.620. The van der Waals surface area contributed by atoms with E-state index in [2.05, 4.69) is 15.7 Å². The van der Waals surface area contributed by atoms with Gasteiger partial charge in [0.25, 0.3) is 0 Å². The Labute approximate surface area is 144 Å². The van der Waals surface area contributed by atoms with Crippen LogP contribution in [0, 0.1) is 6.92 Å². The molecule has 0 aliphatic rings. The van der Waals surface area contributed by atoms with Crippen molar-refractivity contribution >= 4 is 35.3 Å². The molecule has 0 unspecified atom stereocenters. The monoisotopic (exact) mass is 347 g/mol. The molecule has 24 heavy (non-hydrogen) atoms. The third-order valence-electron chi connectivity index (χ3n) is 3.29. The molecule has 2 rings (SSSR count). The zero-order valence-corrected chi connectivity index (χ0v) is 14.1. The Bertz CT molecular complexity index is 781. The van der Waals surface area contributed by atoms with Crippen LogP contribution in [0.3, 0.4) is 0 Å². The Morgan fingerprint density at radius 1 is 1.33 bits per heavy atom. The van der Waals surface area contributed by atoms with Gasteiger partial charge in [0.15, 0.2) is 0 Å². The largest absolute Gasteiger partial charge is 0.351 e. The van der Waals surface area contributed by atoms with Gasteiger partial charge in [0, 0.05) is 30.9 Å². The molecule has 1 aromatic heterocycles. The van der Waals surface area contributed by atoms with Crippen LogP contribution >= 0.6 is 11.6 Å². The Morgan fingerprint density at radius 3 is 2.54 bits per heavy atom. The summed E-state index contributed by atoms with van der Waals surface area (Å²) in [6.07, 6.45) is 3.05. The van der Waals surface area contributed by atoms with Crippen LogP contribution in [0.1, 0.15) is 16.8 Å². The van der Waals surface area contributed by atoms with Gasteiger partial charge in [-0.25, -0.2) is 4.79 Å². The minimum Gasteiger partial charge on any atom is -0.351 e. The van der Waals surface area contributed by atoms with Gasteiger partial charge in [-0.05, 0) is 30.7 Å². The van der Waals surface area contributed by atoms with Crippen molar-refractivity contribution in [3.63, 3.8) is 0 Å². The molecule has 0 aliphatic carbocycles. The van der Waals surface area contributed by atoms with E-state index < -0.39 is 6.03 Å². The summed E-state index contributed by atoms with van der Waals surface area (Å²) in [7, 11) is 1.74. The fourth-order valence-electron chi connectivity index (χ4n) is 2.09. The highest BCUT2D eigenvalue weighted by atomic mass is 35.5. The van der Waals surface area contributed by atoms with Crippen molar-refractivity contribution in [3.8, 4) is 0 Å². The van der Waals surface area contributed by atoms with Crippen LogP contribution in [0.15, 0.2) is 30.3 Å². The summed E-state index contributed by atoms with van der Waals surface area (Å²) in [5.41, 5.74) is 7.99. The van der Waals surface area contributed by atoms with Crippen LogP contribution in [0.25, 0.3) is 6.08 Å². The quantitative estimate of drug-likeness (QED) is 0.722. The number of urea groups is 1. The number of nitrogens with one attached hydrogen (secondary N) is 2. The van der Waals surface area contributed by atoms with Crippen molar-refractivity contribution < 1.29 is 9.59 Å². The summed E-state index contributed by atoms with van der Waals surface area (Å²) in [4.78, 5) is 22.6. The molecule has 0 fully saturated rings. The number of amides is 3. The summed E-state index contributed by atoms with van der Waals surface area (Å²) < 4.78 is 1.55. The lowest BCUT2D eigenvalue weighted by Crippen LogP contribution is -2.20. The number of hydrogen-bond donors (Lipinski definition) is 3. The number of nitrogens with zero attached hydrogens (tertiary/aromatic N) is 2. The predicted molar refractivity (Wildman–Crippen MR) is 93.5 cm³/mol. The van der Waals surface area contributed by atoms with Crippen LogP contribution in [0.4, 0.5) is 10.5 Å². The Morgan fingerprint density at radius 2 is 2.00 bits per heavy atom.